The quantitative estimate of drug-likeness (QED) is 0.188. The van der Waals surface area contributed by atoms with Crippen LogP contribution < -0.4 is 0 Å². The topological polar surface area (TPSA) is 25.5 Å². The van der Waals surface area contributed by atoms with Gasteiger partial charge < -0.3 is 14.0 Å². The van der Waals surface area contributed by atoms with Gasteiger partial charge in [0.1, 0.15) is 0 Å². The van der Waals surface area contributed by atoms with Crippen LogP contribution in [0.1, 0.15) is 25.1 Å². The van der Waals surface area contributed by atoms with Gasteiger partial charge in [-0.05, 0) is 71.0 Å². The second-order valence-corrected chi connectivity index (χ2v) is 14.2. The monoisotopic (exact) mass is 642 g/mol. The van der Waals surface area contributed by atoms with E-state index in [-0.39, 0.29) is 6.17 Å². The predicted molar refractivity (Wildman–Crippen MR) is 208 cm³/mol. The Hall–Kier alpha value is -6.13. The molecule has 6 aromatic carbocycles. The van der Waals surface area contributed by atoms with E-state index in [0.29, 0.717) is 5.92 Å². The van der Waals surface area contributed by atoms with Crippen LogP contribution in [0.15, 0.2) is 162 Å². The fraction of sp³-hybridized carbons (Fsp3) is 0.109. The second-order valence-electron chi connectivity index (χ2n) is 14.2. The van der Waals surface area contributed by atoms with Crippen molar-refractivity contribution in [1.82, 2.24) is 14.0 Å². The smallest absolute Gasteiger partial charge is 0.150 e. The lowest BCUT2D eigenvalue weighted by Gasteiger charge is -2.36. The molecule has 11 rings (SSSR count). The molecule has 50 heavy (non-hydrogen) atoms. The number of likely N-dealkylation sites (N-methyl/N-ethyl adjacent to an activating group) is 1. The molecule has 2 aromatic heterocycles. The largest absolute Gasteiger partial charge is 0.347 e. The van der Waals surface area contributed by atoms with Crippen molar-refractivity contribution in [2.45, 2.75) is 19.5 Å². The number of aliphatic imine (C=N–C) groups is 1. The maximum Gasteiger partial charge on any atom is 0.150 e. The van der Waals surface area contributed by atoms with Crippen molar-refractivity contribution >= 4 is 49.3 Å². The summed E-state index contributed by atoms with van der Waals surface area (Å²) in [5.41, 5.74) is 15.8. The number of rotatable bonds is 3. The Balaban J connectivity index is 1.21. The average Bonchev–Trinajstić information content (AvgIpc) is 3.79. The molecule has 1 aliphatic carbocycles. The lowest BCUT2D eigenvalue weighted by Crippen LogP contribution is -2.35. The average molecular weight is 643 g/mol. The van der Waals surface area contributed by atoms with Crippen LogP contribution >= 0.6 is 0 Å². The number of hydrogen-bond acceptors (Lipinski definition) is 2. The fourth-order valence-corrected chi connectivity index (χ4v) is 8.88. The molecular formula is C46H34N4. The van der Waals surface area contributed by atoms with Gasteiger partial charge in [0.05, 0.1) is 39.2 Å². The first-order valence-electron chi connectivity index (χ1n) is 17.6. The summed E-state index contributed by atoms with van der Waals surface area (Å²) in [6.07, 6.45) is 5.60. The zero-order valence-corrected chi connectivity index (χ0v) is 28.0. The molecule has 4 nitrogen and oxygen atoms in total. The maximum absolute atomic E-state index is 5.40. The highest BCUT2D eigenvalue weighted by Gasteiger charge is 2.40. The summed E-state index contributed by atoms with van der Waals surface area (Å²) in [4.78, 5) is 7.85. The van der Waals surface area contributed by atoms with Crippen molar-refractivity contribution in [2.75, 3.05) is 7.05 Å². The van der Waals surface area contributed by atoms with E-state index in [2.05, 4.69) is 174 Å². The summed E-state index contributed by atoms with van der Waals surface area (Å²) < 4.78 is 5.04. The van der Waals surface area contributed by atoms with E-state index in [1.807, 2.05) is 0 Å². The van der Waals surface area contributed by atoms with Gasteiger partial charge in [0.2, 0.25) is 0 Å². The van der Waals surface area contributed by atoms with E-state index in [9.17, 15) is 0 Å². The van der Waals surface area contributed by atoms with Crippen LogP contribution in [0.3, 0.4) is 0 Å². The molecular weight excluding hydrogens is 609 g/mol. The highest BCUT2D eigenvalue weighted by Crippen LogP contribution is 2.48. The van der Waals surface area contributed by atoms with E-state index in [1.54, 1.807) is 0 Å². The summed E-state index contributed by atoms with van der Waals surface area (Å²) >= 11 is 0. The third-order valence-electron chi connectivity index (χ3n) is 11.2. The van der Waals surface area contributed by atoms with Crippen LogP contribution in [0.25, 0.3) is 71.6 Å². The number of aromatic nitrogens is 2. The molecule has 2 aliphatic heterocycles. The Bertz CT molecular complexity index is 2810. The Morgan fingerprint density at radius 3 is 2.10 bits per heavy atom. The second kappa shape index (κ2) is 10.2. The Labute approximate surface area is 290 Å². The van der Waals surface area contributed by atoms with Gasteiger partial charge in [0, 0.05) is 39.8 Å². The normalized spacial score (nSPS) is 18.0. The maximum atomic E-state index is 5.40. The Morgan fingerprint density at radius 1 is 0.600 bits per heavy atom. The summed E-state index contributed by atoms with van der Waals surface area (Å²) in [6, 6.07) is 49.1. The van der Waals surface area contributed by atoms with Crippen LogP contribution in [0.5, 0.6) is 0 Å². The van der Waals surface area contributed by atoms with Crippen molar-refractivity contribution < 1.29 is 0 Å². The third-order valence-corrected chi connectivity index (χ3v) is 11.2. The first kappa shape index (κ1) is 27.8. The van der Waals surface area contributed by atoms with Gasteiger partial charge in [-0.3, -0.25) is 4.99 Å². The van der Waals surface area contributed by atoms with Crippen molar-refractivity contribution in [3.8, 4) is 27.9 Å². The van der Waals surface area contributed by atoms with Crippen molar-refractivity contribution in [2.24, 2.45) is 10.9 Å². The minimum absolute atomic E-state index is 0.00516. The van der Waals surface area contributed by atoms with Gasteiger partial charge in [-0.25, -0.2) is 0 Å². The Morgan fingerprint density at radius 2 is 1.30 bits per heavy atom. The van der Waals surface area contributed by atoms with Gasteiger partial charge in [0.25, 0.3) is 0 Å². The van der Waals surface area contributed by atoms with Crippen LogP contribution in [0.4, 0.5) is 0 Å². The van der Waals surface area contributed by atoms with Crippen molar-refractivity contribution in [3.05, 3.63) is 163 Å². The van der Waals surface area contributed by atoms with Gasteiger partial charge in [-0.15, -0.1) is 0 Å². The summed E-state index contributed by atoms with van der Waals surface area (Å²) in [5, 5.41) is 5.11. The molecule has 3 aliphatic rings. The molecule has 0 amide bonds. The number of fused-ring (bicyclic) bond motifs is 9. The van der Waals surface area contributed by atoms with Gasteiger partial charge in [0.15, 0.2) is 6.17 Å². The molecule has 0 radical (unpaired) electrons. The SMILES string of the molecule is CC1C=CC2=C(C1)N=C1c3cccc4c5cc6c7ccc(-c8ccccc8)cc7n(-c7cccc(-c8ccccc8)c7)c6cc5n(c34)C1N2C. The highest BCUT2D eigenvalue weighted by molar-refractivity contribution is 6.26. The minimum atomic E-state index is 0.00516. The third kappa shape index (κ3) is 3.79. The zero-order valence-electron chi connectivity index (χ0n) is 28.0. The first-order valence-corrected chi connectivity index (χ1v) is 17.6. The van der Waals surface area contributed by atoms with E-state index >= 15 is 0 Å². The van der Waals surface area contributed by atoms with Crippen molar-refractivity contribution in [3.63, 3.8) is 0 Å². The zero-order chi connectivity index (χ0) is 33.1. The fourth-order valence-electron chi connectivity index (χ4n) is 8.88. The van der Waals surface area contributed by atoms with Crippen LogP contribution in [-0.4, -0.2) is 26.8 Å². The molecule has 0 saturated carbocycles. The summed E-state index contributed by atoms with van der Waals surface area (Å²) in [6.45, 7) is 2.28. The lowest BCUT2D eigenvalue weighted by atomic mass is 9.95. The molecule has 0 spiro atoms. The Kier molecular flexibility index (Phi) is 5.66. The van der Waals surface area contributed by atoms with Crippen LogP contribution in [0, 0.1) is 5.92 Å². The minimum Gasteiger partial charge on any atom is -0.347 e. The molecule has 2 unspecified atom stereocenters. The molecule has 2 atom stereocenters. The van der Waals surface area contributed by atoms with E-state index in [1.165, 1.54) is 88.5 Å². The molecule has 0 fully saturated rings. The molecule has 4 heterocycles. The molecule has 0 saturated heterocycles. The standard InChI is InChI=1S/C46H34N4/c1-28-19-22-40-39(23-28)47-44-36-18-10-17-35-38-26-37-34-21-20-32(30-13-7-4-8-14-30)25-41(34)49(33-16-9-15-31(24-33)29-11-5-3-6-12-29)42(37)27-43(38)50(45(35)36)46(44)48(40)2/h3-22,24-28,46H,23H2,1-2H3. The first-order chi connectivity index (χ1) is 24.6. The van der Waals surface area contributed by atoms with Crippen LogP contribution in [0.2, 0.25) is 0 Å². The van der Waals surface area contributed by atoms with Crippen LogP contribution in [-0.2, 0) is 0 Å². The molecule has 4 heteroatoms. The van der Waals surface area contributed by atoms with E-state index in [4.69, 9.17) is 4.99 Å². The summed E-state index contributed by atoms with van der Waals surface area (Å²) in [7, 11) is 2.24. The number of allylic oxidation sites excluding steroid dienone is 3. The number of para-hydroxylation sites is 1. The van der Waals surface area contributed by atoms with Gasteiger partial charge >= 0.3 is 0 Å². The van der Waals surface area contributed by atoms with E-state index < -0.39 is 0 Å². The van der Waals surface area contributed by atoms with Crippen molar-refractivity contribution in [1.29, 1.82) is 0 Å². The molecule has 238 valence electrons. The highest BCUT2D eigenvalue weighted by atomic mass is 15.3. The molecule has 0 bridgehead atoms. The lowest BCUT2D eigenvalue weighted by molar-refractivity contribution is 0.310. The van der Waals surface area contributed by atoms with Gasteiger partial charge in [-0.1, -0.05) is 116 Å². The number of nitrogens with zero attached hydrogens (tertiary/aromatic N) is 4. The van der Waals surface area contributed by atoms with E-state index in [0.717, 1.165) is 12.1 Å². The molecule has 8 aromatic rings. The number of hydrogen-bond donors (Lipinski definition) is 0. The predicted octanol–water partition coefficient (Wildman–Crippen LogP) is 11.3. The number of benzene rings is 6. The summed E-state index contributed by atoms with van der Waals surface area (Å²) in [5.74, 6) is 0.498. The molecule has 0 N–H and O–H groups in total. The van der Waals surface area contributed by atoms with Gasteiger partial charge in [-0.2, -0.15) is 0 Å².